The predicted molar refractivity (Wildman–Crippen MR) is 89.6 cm³/mol. The third-order valence-corrected chi connectivity index (χ3v) is 3.50. The SMILES string of the molecule is Cc1ccc2oc(/C=C/c3ccc(C(=O)O)cc3)cc(=O)c2c1. The van der Waals surface area contributed by atoms with Gasteiger partial charge in [-0.25, -0.2) is 4.79 Å². The van der Waals surface area contributed by atoms with Crippen molar-refractivity contribution in [1.29, 1.82) is 0 Å². The van der Waals surface area contributed by atoms with Crippen LogP contribution < -0.4 is 5.43 Å². The van der Waals surface area contributed by atoms with Gasteiger partial charge in [0.05, 0.1) is 10.9 Å². The van der Waals surface area contributed by atoms with E-state index in [-0.39, 0.29) is 11.0 Å². The van der Waals surface area contributed by atoms with E-state index in [9.17, 15) is 9.59 Å². The average Bonchev–Trinajstić information content (AvgIpc) is 2.54. The first-order chi connectivity index (χ1) is 11.0. The summed E-state index contributed by atoms with van der Waals surface area (Å²) >= 11 is 0. The van der Waals surface area contributed by atoms with Crippen LogP contribution in [0.1, 0.15) is 27.2 Å². The van der Waals surface area contributed by atoms with Crippen LogP contribution in [-0.2, 0) is 0 Å². The van der Waals surface area contributed by atoms with E-state index in [0.29, 0.717) is 16.7 Å². The summed E-state index contributed by atoms with van der Waals surface area (Å²) in [4.78, 5) is 22.9. The van der Waals surface area contributed by atoms with Crippen molar-refractivity contribution < 1.29 is 14.3 Å². The molecule has 1 heterocycles. The van der Waals surface area contributed by atoms with Crippen LogP contribution >= 0.6 is 0 Å². The van der Waals surface area contributed by atoms with Crippen molar-refractivity contribution in [1.82, 2.24) is 0 Å². The van der Waals surface area contributed by atoms with Gasteiger partial charge >= 0.3 is 5.97 Å². The smallest absolute Gasteiger partial charge is 0.335 e. The van der Waals surface area contributed by atoms with Gasteiger partial charge in [0, 0.05) is 6.07 Å². The van der Waals surface area contributed by atoms with Crippen LogP contribution in [0, 0.1) is 6.92 Å². The van der Waals surface area contributed by atoms with E-state index in [4.69, 9.17) is 9.52 Å². The van der Waals surface area contributed by atoms with Gasteiger partial charge in [0.25, 0.3) is 0 Å². The lowest BCUT2D eigenvalue weighted by atomic mass is 10.1. The van der Waals surface area contributed by atoms with E-state index in [1.807, 2.05) is 13.0 Å². The van der Waals surface area contributed by atoms with Crippen LogP contribution in [0.15, 0.2) is 57.7 Å². The largest absolute Gasteiger partial charge is 0.478 e. The first kappa shape index (κ1) is 14.8. The lowest BCUT2D eigenvalue weighted by molar-refractivity contribution is 0.0697. The van der Waals surface area contributed by atoms with Crippen molar-refractivity contribution in [2.24, 2.45) is 0 Å². The third-order valence-electron chi connectivity index (χ3n) is 3.50. The molecular weight excluding hydrogens is 292 g/mol. The Balaban J connectivity index is 1.93. The molecule has 0 saturated carbocycles. The van der Waals surface area contributed by atoms with E-state index in [1.165, 1.54) is 18.2 Å². The van der Waals surface area contributed by atoms with Crippen LogP contribution in [-0.4, -0.2) is 11.1 Å². The number of carboxylic acids is 1. The summed E-state index contributed by atoms with van der Waals surface area (Å²) < 4.78 is 5.70. The number of aryl methyl sites for hydroxylation is 1. The highest BCUT2D eigenvalue weighted by molar-refractivity contribution is 5.88. The minimum absolute atomic E-state index is 0.0872. The minimum atomic E-state index is -0.962. The Morgan fingerprint density at radius 3 is 2.48 bits per heavy atom. The van der Waals surface area contributed by atoms with E-state index in [2.05, 4.69) is 0 Å². The summed E-state index contributed by atoms with van der Waals surface area (Å²) in [5, 5.41) is 9.43. The number of carboxylic acid groups (broad SMARTS) is 1. The lowest BCUT2D eigenvalue weighted by Crippen LogP contribution is -2.00. The summed E-state index contributed by atoms with van der Waals surface area (Å²) in [6.45, 7) is 1.92. The van der Waals surface area contributed by atoms with Crippen LogP contribution in [0.5, 0.6) is 0 Å². The van der Waals surface area contributed by atoms with Gasteiger partial charge in [0.2, 0.25) is 0 Å². The molecular formula is C19H14O4. The van der Waals surface area contributed by atoms with Gasteiger partial charge in [-0.15, -0.1) is 0 Å². The summed E-state index contributed by atoms with van der Waals surface area (Å²) in [6, 6.07) is 13.4. The van der Waals surface area contributed by atoms with Gasteiger partial charge in [0.1, 0.15) is 11.3 Å². The highest BCUT2D eigenvalue weighted by atomic mass is 16.4. The van der Waals surface area contributed by atoms with Gasteiger partial charge in [0.15, 0.2) is 5.43 Å². The van der Waals surface area contributed by atoms with Gasteiger partial charge in [-0.05, 0) is 42.8 Å². The fourth-order valence-corrected chi connectivity index (χ4v) is 2.29. The van der Waals surface area contributed by atoms with Crippen molar-refractivity contribution >= 4 is 29.1 Å². The second-order valence-corrected chi connectivity index (χ2v) is 5.27. The quantitative estimate of drug-likeness (QED) is 0.795. The number of aromatic carboxylic acids is 1. The van der Waals surface area contributed by atoms with Gasteiger partial charge < -0.3 is 9.52 Å². The van der Waals surface area contributed by atoms with E-state index in [0.717, 1.165) is 11.1 Å². The molecule has 0 atom stereocenters. The molecule has 0 unspecified atom stereocenters. The second kappa shape index (κ2) is 5.93. The van der Waals surface area contributed by atoms with Crippen molar-refractivity contribution in [2.45, 2.75) is 6.92 Å². The molecule has 0 saturated heterocycles. The van der Waals surface area contributed by atoms with E-state index >= 15 is 0 Å². The van der Waals surface area contributed by atoms with Crippen LogP contribution in [0.2, 0.25) is 0 Å². The number of fused-ring (bicyclic) bond motifs is 1. The van der Waals surface area contributed by atoms with E-state index in [1.54, 1.807) is 36.4 Å². The first-order valence-electron chi connectivity index (χ1n) is 7.09. The standard InChI is InChI=1S/C19H14O4/c1-12-2-9-18-16(10-12)17(20)11-15(23-18)8-5-13-3-6-14(7-4-13)19(21)22/h2-11H,1H3,(H,21,22)/b8-5+. The Morgan fingerprint density at radius 2 is 1.78 bits per heavy atom. The topological polar surface area (TPSA) is 67.5 Å². The molecule has 0 aliphatic carbocycles. The number of rotatable bonds is 3. The predicted octanol–water partition coefficient (Wildman–Crippen LogP) is 3.97. The second-order valence-electron chi connectivity index (χ2n) is 5.27. The summed E-state index contributed by atoms with van der Waals surface area (Å²) in [5.74, 6) is -0.509. The molecule has 23 heavy (non-hydrogen) atoms. The van der Waals surface area contributed by atoms with Gasteiger partial charge in [-0.3, -0.25) is 4.79 Å². The van der Waals surface area contributed by atoms with Crippen LogP contribution in [0.4, 0.5) is 0 Å². The van der Waals surface area contributed by atoms with Crippen molar-refractivity contribution in [3.63, 3.8) is 0 Å². The molecule has 3 rings (SSSR count). The highest BCUT2D eigenvalue weighted by Crippen LogP contribution is 2.16. The molecule has 4 nitrogen and oxygen atoms in total. The minimum Gasteiger partial charge on any atom is -0.478 e. The normalized spacial score (nSPS) is 11.2. The zero-order valence-corrected chi connectivity index (χ0v) is 12.4. The summed E-state index contributed by atoms with van der Waals surface area (Å²) in [5.41, 5.74) is 2.52. The zero-order valence-electron chi connectivity index (χ0n) is 12.4. The summed E-state index contributed by atoms with van der Waals surface area (Å²) in [6.07, 6.45) is 3.46. The Bertz CT molecular complexity index is 963. The fraction of sp³-hybridized carbons (Fsp3) is 0.0526. The fourth-order valence-electron chi connectivity index (χ4n) is 2.29. The van der Waals surface area contributed by atoms with Crippen LogP contribution in [0.25, 0.3) is 23.1 Å². The molecule has 4 heteroatoms. The maximum Gasteiger partial charge on any atom is 0.335 e. The van der Waals surface area contributed by atoms with E-state index < -0.39 is 5.97 Å². The Kier molecular flexibility index (Phi) is 3.81. The average molecular weight is 306 g/mol. The molecule has 0 spiro atoms. The number of benzene rings is 2. The molecule has 0 fully saturated rings. The molecule has 114 valence electrons. The van der Waals surface area contributed by atoms with Crippen molar-refractivity contribution in [3.05, 3.63) is 81.2 Å². The molecule has 0 bridgehead atoms. The zero-order chi connectivity index (χ0) is 16.4. The number of hydrogen-bond acceptors (Lipinski definition) is 3. The highest BCUT2D eigenvalue weighted by Gasteiger charge is 2.03. The molecule has 1 N–H and O–H groups in total. The molecule has 1 aromatic heterocycles. The van der Waals surface area contributed by atoms with Gasteiger partial charge in [-0.1, -0.05) is 29.8 Å². The van der Waals surface area contributed by atoms with Gasteiger partial charge in [-0.2, -0.15) is 0 Å². The maximum atomic E-state index is 12.1. The molecule has 0 aliphatic rings. The van der Waals surface area contributed by atoms with Crippen molar-refractivity contribution in [3.8, 4) is 0 Å². The monoisotopic (exact) mass is 306 g/mol. The Labute approximate surface area is 132 Å². The number of hydrogen-bond donors (Lipinski definition) is 1. The Morgan fingerprint density at radius 1 is 1.04 bits per heavy atom. The molecule has 3 aromatic rings. The Hall–Kier alpha value is -3.14. The molecule has 0 aliphatic heterocycles. The number of carbonyl (C=O) groups is 1. The maximum absolute atomic E-state index is 12.1. The molecule has 0 amide bonds. The third kappa shape index (κ3) is 3.21. The summed E-state index contributed by atoms with van der Waals surface area (Å²) in [7, 11) is 0. The molecule has 0 radical (unpaired) electrons. The molecule has 2 aromatic carbocycles. The van der Waals surface area contributed by atoms with Crippen LogP contribution in [0.3, 0.4) is 0 Å². The van der Waals surface area contributed by atoms with Crippen molar-refractivity contribution in [2.75, 3.05) is 0 Å². The lowest BCUT2D eigenvalue weighted by Gasteiger charge is -2.00. The first-order valence-corrected chi connectivity index (χ1v) is 7.09.